The maximum atomic E-state index is 9.57. The summed E-state index contributed by atoms with van der Waals surface area (Å²) in [5, 5.41) is 3.68. The molecule has 0 unspecified atom stereocenters. The third-order valence-electron chi connectivity index (χ3n) is 9.19. The van der Waals surface area contributed by atoms with Crippen molar-refractivity contribution in [3.05, 3.63) is 212 Å². The van der Waals surface area contributed by atoms with E-state index in [0.29, 0.717) is 16.8 Å². The number of rotatable bonds is 7. The Morgan fingerprint density at radius 2 is 0.745 bits per heavy atom. The Bertz CT molecular complexity index is 3040. The van der Waals surface area contributed by atoms with Gasteiger partial charge in [-0.05, 0) is 108 Å². The summed E-state index contributed by atoms with van der Waals surface area (Å²) in [6, 6.07) is 48.7. The zero-order valence-electron chi connectivity index (χ0n) is 35.5. The van der Waals surface area contributed by atoms with Gasteiger partial charge in [-0.15, -0.1) is 0 Å². The van der Waals surface area contributed by atoms with E-state index in [4.69, 9.17) is 0 Å². The van der Waals surface area contributed by atoms with Gasteiger partial charge in [0.05, 0.1) is 11.0 Å². The van der Waals surface area contributed by atoms with Crippen LogP contribution in [0.25, 0.3) is 66.1 Å². The molecule has 0 saturated heterocycles. The van der Waals surface area contributed by atoms with Gasteiger partial charge in [-0.3, -0.25) is 0 Å². The maximum Gasteiger partial charge on any atom is 0.0645 e. The molecule has 9 rings (SSSR count). The van der Waals surface area contributed by atoms with E-state index in [1.54, 1.807) is 24.3 Å². The van der Waals surface area contributed by atoms with Crippen LogP contribution >= 0.6 is 0 Å². The van der Waals surface area contributed by atoms with Crippen LogP contribution in [0.3, 0.4) is 0 Å². The predicted molar refractivity (Wildman–Crippen MR) is 218 cm³/mol. The van der Waals surface area contributed by atoms with Gasteiger partial charge >= 0.3 is 0 Å². The van der Waals surface area contributed by atoms with Gasteiger partial charge < -0.3 is 4.90 Å². The average molecular weight is 658 g/mol. The van der Waals surface area contributed by atoms with E-state index in [9.17, 15) is 11.0 Å². The highest BCUT2D eigenvalue weighted by molar-refractivity contribution is 5.98. The van der Waals surface area contributed by atoms with Crippen molar-refractivity contribution < 1.29 is 11.0 Å². The van der Waals surface area contributed by atoms with Crippen molar-refractivity contribution in [3.8, 4) is 44.5 Å². The van der Waals surface area contributed by atoms with Crippen molar-refractivity contribution in [2.75, 3.05) is 4.90 Å². The fourth-order valence-corrected chi connectivity index (χ4v) is 6.70. The molecule has 9 aromatic rings. The second-order valence-corrected chi connectivity index (χ2v) is 12.3. The first kappa shape index (κ1) is 22.8. The van der Waals surface area contributed by atoms with E-state index in [1.165, 1.54) is 4.90 Å². The van der Waals surface area contributed by atoms with Crippen LogP contribution in [-0.4, -0.2) is 0 Å². The fraction of sp³-hybridized carbons (Fsp3) is 0. The third-order valence-corrected chi connectivity index (χ3v) is 9.19. The minimum absolute atomic E-state index is 0.108. The Hall–Kier alpha value is -6.70. The molecule has 0 aliphatic heterocycles. The number of hydrogen-bond acceptors (Lipinski definition) is 1. The standard InChI is InChI=1S/C50H35N/c1-2-12-36(13-3-1)41-18-8-19-42(34-41)37-26-30-44(31-27-37)51(45-32-28-40(29-33-45)49-24-10-16-38-14-4-6-22-47(38)49)46-21-9-20-43(35-46)50-25-11-17-39-15-5-7-23-48(39)50/h1-35H/i26D,27D,28D,29D,30D,31D,32D,33D. The predicted octanol–water partition coefficient (Wildman–Crippen LogP) is 14.1. The normalized spacial score (nSPS) is 13.3. The molecular weight excluding hydrogens is 615 g/mol. The number of hydrogen-bond donors (Lipinski definition) is 0. The minimum Gasteiger partial charge on any atom is -0.310 e. The number of anilines is 3. The number of nitrogens with zero attached hydrogens (tertiary/aromatic N) is 1. The Balaban J connectivity index is 1.30. The van der Waals surface area contributed by atoms with Gasteiger partial charge in [0, 0.05) is 17.1 Å². The van der Waals surface area contributed by atoms with Crippen molar-refractivity contribution in [1.29, 1.82) is 0 Å². The molecule has 0 aliphatic rings. The summed E-state index contributed by atoms with van der Waals surface area (Å²) < 4.78 is 75.9. The maximum absolute atomic E-state index is 9.57. The fourth-order valence-electron chi connectivity index (χ4n) is 6.70. The highest BCUT2D eigenvalue weighted by Crippen LogP contribution is 2.40. The van der Waals surface area contributed by atoms with Crippen molar-refractivity contribution in [2.45, 2.75) is 0 Å². The molecule has 0 saturated carbocycles. The van der Waals surface area contributed by atoms with Gasteiger partial charge in [0.2, 0.25) is 0 Å². The Morgan fingerprint density at radius 1 is 0.294 bits per heavy atom. The molecule has 0 fully saturated rings. The largest absolute Gasteiger partial charge is 0.310 e. The SMILES string of the molecule is [2H]c1c([2H])c(N(c2cccc(-c3cccc4ccccc34)c2)c2c([2H])c([2H])c(-c3cccc4ccccc34)c([2H])c2[2H])c([2H])c([2H])c1-c1cccc(-c2ccccc2)c1. The lowest BCUT2D eigenvalue weighted by Gasteiger charge is -2.26. The molecule has 0 radical (unpaired) electrons. The summed E-state index contributed by atoms with van der Waals surface area (Å²) in [4.78, 5) is 1.37. The Morgan fingerprint density at radius 3 is 1.39 bits per heavy atom. The monoisotopic (exact) mass is 657 g/mol. The van der Waals surface area contributed by atoms with Crippen molar-refractivity contribution in [1.82, 2.24) is 0 Å². The number of benzene rings is 9. The molecule has 0 aromatic heterocycles. The van der Waals surface area contributed by atoms with E-state index < -0.39 is 12.1 Å². The topological polar surface area (TPSA) is 3.24 Å². The van der Waals surface area contributed by atoms with E-state index in [0.717, 1.165) is 43.8 Å². The molecule has 0 heterocycles. The second kappa shape index (κ2) is 13.3. The lowest BCUT2D eigenvalue weighted by atomic mass is 9.97. The summed E-state index contributed by atoms with van der Waals surface area (Å²) in [7, 11) is 0. The highest BCUT2D eigenvalue weighted by atomic mass is 15.1. The smallest absolute Gasteiger partial charge is 0.0645 e. The Labute approximate surface area is 310 Å². The van der Waals surface area contributed by atoms with Gasteiger partial charge in [0.1, 0.15) is 0 Å². The molecule has 240 valence electrons. The van der Waals surface area contributed by atoms with Gasteiger partial charge in [0.25, 0.3) is 0 Å². The van der Waals surface area contributed by atoms with Crippen LogP contribution in [-0.2, 0) is 0 Å². The van der Waals surface area contributed by atoms with Crippen LogP contribution in [0, 0.1) is 0 Å². The molecule has 0 amide bonds. The van der Waals surface area contributed by atoms with Gasteiger partial charge in [-0.2, -0.15) is 0 Å². The van der Waals surface area contributed by atoms with Crippen LogP contribution in [0.15, 0.2) is 212 Å². The minimum atomic E-state index is -0.392. The lowest BCUT2D eigenvalue weighted by Crippen LogP contribution is -2.10. The molecule has 0 bridgehead atoms. The van der Waals surface area contributed by atoms with E-state index in [-0.39, 0.29) is 58.8 Å². The van der Waals surface area contributed by atoms with Crippen molar-refractivity contribution >= 4 is 38.6 Å². The first-order chi connectivity index (χ1) is 28.6. The summed E-state index contributed by atoms with van der Waals surface area (Å²) in [6.07, 6.45) is 0. The van der Waals surface area contributed by atoms with Crippen molar-refractivity contribution in [3.63, 3.8) is 0 Å². The molecule has 0 spiro atoms. The summed E-state index contributed by atoms with van der Waals surface area (Å²) in [5.74, 6) is 0. The molecule has 1 heteroatoms. The molecule has 0 aliphatic carbocycles. The third kappa shape index (κ3) is 5.96. The van der Waals surface area contributed by atoms with E-state index in [1.807, 2.05) is 140 Å². The summed E-state index contributed by atoms with van der Waals surface area (Å²) in [5.41, 5.74) is 4.70. The van der Waals surface area contributed by atoms with E-state index in [2.05, 4.69) is 0 Å². The van der Waals surface area contributed by atoms with Crippen LogP contribution in [0.1, 0.15) is 11.0 Å². The molecule has 0 N–H and O–H groups in total. The lowest BCUT2D eigenvalue weighted by molar-refractivity contribution is 1.28. The first-order valence-electron chi connectivity index (χ1n) is 20.9. The average Bonchev–Trinajstić information content (AvgIpc) is 3.27. The van der Waals surface area contributed by atoms with Gasteiger partial charge in [0.15, 0.2) is 0 Å². The van der Waals surface area contributed by atoms with E-state index >= 15 is 0 Å². The van der Waals surface area contributed by atoms with Gasteiger partial charge in [-0.1, -0.05) is 170 Å². The zero-order chi connectivity index (χ0) is 40.9. The first-order valence-corrected chi connectivity index (χ1v) is 16.9. The Kier molecular flexibility index (Phi) is 5.96. The van der Waals surface area contributed by atoms with Crippen LogP contribution < -0.4 is 4.90 Å². The van der Waals surface area contributed by atoms with Crippen LogP contribution in [0.4, 0.5) is 17.1 Å². The van der Waals surface area contributed by atoms with Crippen LogP contribution in [0.2, 0.25) is 0 Å². The van der Waals surface area contributed by atoms with Crippen molar-refractivity contribution in [2.24, 2.45) is 0 Å². The summed E-state index contributed by atoms with van der Waals surface area (Å²) in [6.45, 7) is 0. The molecule has 0 atom stereocenters. The highest BCUT2D eigenvalue weighted by Gasteiger charge is 2.16. The summed E-state index contributed by atoms with van der Waals surface area (Å²) >= 11 is 0. The molecule has 9 aromatic carbocycles. The second-order valence-electron chi connectivity index (χ2n) is 12.3. The van der Waals surface area contributed by atoms with Crippen LogP contribution in [0.5, 0.6) is 0 Å². The molecule has 51 heavy (non-hydrogen) atoms. The van der Waals surface area contributed by atoms with Gasteiger partial charge in [-0.25, -0.2) is 0 Å². The molecule has 1 nitrogen and oxygen atoms in total. The quantitative estimate of drug-likeness (QED) is 0.165. The number of fused-ring (bicyclic) bond motifs is 2. The zero-order valence-corrected chi connectivity index (χ0v) is 27.5. The molecular formula is C50H35N.